The third-order valence-corrected chi connectivity index (χ3v) is 4.40. The summed E-state index contributed by atoms with van der Waals surface area (Å²) < 4.78 is 11.8. The monoisotopic (exact) mass is 373 g/mol. The molecule has 0 fully saturated rings. The summed E-state index contributed by atoms with van der Waals surface area (Å²) >= 11 is 0. The van der Waals surface area contributed by atoms with Crippen LogP contribution in [0, 0.1) is 20.8 Å². The van der Waals surface area contributed by atoms with Crippen LogP contribution < -0.4 is 4.74 Å². The first kappa shape index (κ1) is 17.8. The first-order valence-electron chi connectivity index (χ1n) is 8.88. The number of benzene rings is 1. The van der Waals surface area contributed by atoms with E-state index in [4.69, 9.17) is 9.15 Å². The predicted octanol–water partition coefficient (Wildman–Crippen LogP) is 4.09. The van der Waals surface area contributed by atoms with E-state index in [2.05, 4.69) is 24.9 Å². The van der Waals surface area contributed by atoms with Gasteiger partial charge in [0.2, 0.25) is 11.8 Å². The van der Waals surface area contributed by atoms with Crippen molar-refractivity contribution in [2.75, 3.05) is 0 Å². The second kappa shape index (κ2) is 7.56. The van der Waals surface area contributed by atoms with Crippen molar-refractivity contribution >= 4 is 0 Å². The van der Waals surface area contributed by atoms with Gasteiger partial charge in [-0.2, -0.15) is 4.98 Å². The number of nitrogens with zero attached hydrogens (tertiary/aromatic N) is 5. The van der Waals surface area contributed by atoms with Crippen molar-refractivity contribution in [1.82, 2.24) is 24.9 Å². The minimum absolute atomic E-state index is 0.249. The Balaban J connectivity index is 1.59. The Morgan fingerprint density at radius 1 is 0.964 bits per heavy atom. The number of rotatable bonds is 5. The van der Waals surface area contributed by atoms with Crippen molar-refractivity contribution in [1.29, 1.82) is 0 Å². The van der Waals surface area contributed by atoms with E-state index in [0.29, 0.717) is 23.3 Å². The van der Waals surface area contributed by atoms with Gasteiger partial charge in [-0.25, -0.2) is 15.0 Å². The Kier molecular flexibility index (Phi) is 4.80. The zero-order valence-corrected chi connectivity index (χ0v) is 15.9. The summed E-state index contributed by atoms with van der Waals surface area (Å²) in [6.07, 6.45) is 4.85. The normalized spacial score (nSPS) is 10.8. The maximum atomic E-state index is 5.97. The smallest absolute Gasteiger partial charge is 0.226 e. The van der Waals surface area contributed by atoms with Gasteiger partial charge in [-0.05, 0) is 32.9 Å². The quantitative estimate of drug-likeness (QED) is 0.520. The molecule has 1 aromatic carbocycles. The van der Waals surface area contributed by atoms with E-state index in [1.165, 1.54) is 0 Å². The van der Waals surface area contributed by atoms with Crippen LogP contribution >= 0.6 is 0 Å². The number of hydrogen-bond donors (Lipinski definition) is 0. The lowest BCUT2D eigenvalue weighted by Gasteiger charge is -2.10. The minimum atomic E-state index is 0.249. The molecule has 3 heterocycles. The Labute approximate surface area is 162 Å². The number of aromatic nitrogens is 5. The van der Waals surface area contributed by atoms with Gasteiger partial charge in [0.05, 0.1) is 6.20 Å². The number of ether oxygens (including phenoxy) is 1. The lowest BCUT2D eigenvalue weighted by atomic mass is 10.2. The van der Waals surface area contributed by atoms with Gasteiger partial charge in [0, 0.05) is 29.2 Å². The fourth-order valence-corrected chi connectivity index (χ4v) is 2.68. The topological polar surface area (TPSA) is 86.8 Å². The van der Waals surface area contributed by atoms with Gasteiger partial charge in [0.25, 0.3) is 0 Å². The van der Waals surface area contributed by atoms with Gasteiger partial charge >= 0.3 is 0 Å². The maximum absolute atomic E-state index is 5.97. The molecule has 0 saturated heterocycles. The summed E-state index contributed by atoms with van der Waals surface area (Å²) in [6.45, 7) is 5.97. The zero-order chi connectivity index (χ0) is 19.5. The SMILES string of the molecule is Cc1nc(-c2cnccn2)nc(OCc2nc(-c3ccccc3)oc2C)c1C. The predicted molar refractivity (Wildman–Crippen MR) is 104 cm³/mol. The second-order valence-corrected chi connectivity index (χ2v) is 6.33. The van der Waals surface area contributed by atoms with E-state index in [1.54, 1.807) is 18.6 Å². The molecular formula is C21H19N5O2. The molecule has 7 nitrogen and oxygen atoms in total. The van der Waals surface area contributed by atoms with Crippen LogP contribution in [0.3, 0.4) is 0 Å². The van der Waals surface area contributed by atoms with Crippen LogP contribution in [-0.2, 0) is 6.61 Å². The summed E-state index contributed by atoms with van der Waals surface area (Å²) in [5.41, 5.74) is 3.95. The Morgan fingerprint density at radius 3 is 2.54 bits per heavy atom. The van der Waals surface area contributed by atoms with Crippen molar-refractivity contribution in [3.8, 4) is 28.9 Å². The van der Waals surface area contributed by atoms with Crippen molar-refractivity contribution in [3.05, 3.63) is 71.6 Å². The molecule has 0 aliphatic carbocycles. The standard InChI is InChI=1S/C21H19N5O2/c1-13-14(2)24-19(17-11-22-9-10-23-17)26-20(13)27-12-18-15(3)28-21(25-18)16-7-5-4-6-8-16/h4-11H,12H2,1-3H3. The lowest BCUT2D eigenvalue weighted by Crippen LogP contribution is -2.05. The first-order chi connectivity index (χ1) is 13.6. The molecule has 0 spiro atoms. The molecule has 0 aliphatic heterocycles. The van der Waals surface area contributed by atoms with E-state index < -0.39 is 0 Å². The summed E-state index contributed by atoms with van der Waals surface area (Å²) in [7, 11) is 0. The van der Waals surface area contributed by atoms with Crippen LogP contribution in [-0.4, -0.2) is 24.9 Å². The highest BCUT2D eigenvalue weighted by molar-refractivity contribution is 5.53. The molecule has 0 bridgehead atoms. The number of oxazole rings is 1. The minimum Gasteiger partial charge on any atom is -0.471 e. The molecule has 4 aromatic rings. The molecule has 0 atom stereocenters. The molecular weight excluding hydrogens is 354 g/mol. The van der Waals surface area contributed by atoms with Crippen LogP contribution in [0.4, 0.5) is 0 Å². The van der Waals surface area contributed by atoms with Gasteiger partial charge < -0.3 is 9.15 Å². The summed E-state index contributed by atoms with van der Waals surface area (Å²) in [4.78, 5) is 21.9. The average Bonchev–Trinajstić information content (AvgIpc) is 3.11. The van der Waals surface area contributed by atoms with Crippen molar-refractivity contribution < 1.29 is 9.15 Å². The third-order valence-electron chi connectivity index (χ3n) is 4.40. The van der Waals surface area contributed by atoms with Crippen molar-refractivity contribution in [2.24, 2.45) is 0 Å². The van der Waals surface area contributed by atoms with Gasteiger partial charge in [-0.3, -0.25) is 4.98 Å². The fourth-order valence-electron chi connectivity index (χ4n) is 2.68. The van der Waals surface area contributed by atoms with E-state index in [0.717, 1.165) is 28.3 Å². The van der Waals surface area contributed by atoms with Crippen LogP contribution in [0.25, 0.3) is 23.0 Å². The molecule has 0 unspecified atom stereocenters. The Hall–Kier alpha value is -3.61. The van der Waals surface area contributed by atoms with Crippen LogP contribution in [0.2, 0.25) is 0 Å². The molecule has 4 rings (SSSR count). The largest absolute Gasteiger partial charge is 0.471 e. The number of aryl methyl sites for hydroxylation is 2. The molecule has 0 aliphatic rings. The highest BCUT2D eigenvalue weighted by Gasteiger charge is 2.15. The fraction of sp³-hybridized carbons (Fsp3) is 0.190. The van der Waals surface area contributed by atoms with Gasteiger partial charge in [-0.1, -0.05) is 18.2 Å². The highest BCUT2D eigenvalue weighted by Crippen LogP contribution is 2.25. The molecule has 28 heavy (non-hydrogen) atoms. The van der Waals surface area contributed by atoms with E-state index in [-0.39, 0.29) is 6.61 Å². The molecule has 0 N–H and O–H groups in total. The van der Waals surface area contributed by atoms with E-state index in [1.807, 2.05) is 51.1 Å². The van der Waals surface area contributed by atoms with Crippen LogP contribution in [0.5, 0.6) is 5.88 Å². The molecule has 0 radical (unpaired) electrons. The summed E-state index contributed by atoms with van der Waals surface area (Å²) in [6, 6.07) is 9.78. The van der Waals surface area contributed by atoms with Gasteiger partial charge in [0.15, 0.2) is 5.82 Å². The second-order valence-electron chi connectivity index (χ2n) is 6.33. The Morgan fingerprint density at radius 2 is 1.79 bits per heavy atom. The van der Waals surface area contributed by atoms with E-state index in [9.17, 15) is 0 Å². The highest BCUT2D eigenvalue weighted by atomic mass is 16.5. The number of hydrogen-bond acceptors (Lipinski definition) is 7. The summed E-state index contributed by atoms with van der Waals surface area (Å²) in [5, 5.41) is 0. The summed E-state index contributed by atoms with van der Waals surface area (Å²) in [5.74, 6) is 2.27. The van der Waals surface area contributed by atoms with Crippen LogP contribution in [0.15, 0.2) is 53.3 Å². The first-order valence-corrected chi connectivity index (χ1v) is 8.88. The van der Waals surface area contributed by atoms with Crippen LogP contribution in [0.1, 0.15) is 22.7 Å². The maximum Gasteiger partial charge on any atom is 0.226 e. The Bertz CT molecular complexity index is 1090. The molecule has 0 amide bonds. The molecule has 3 aromatic heterocycles. The van der Waals surface area contributed by atoms with Gasteiger partial charge in [0.1, 0.15) is 23.8 Å². The lowest BCUT2D eigenvalue weighted by molar-refractivity contribution is 0.285. The zero-order valence-electron chi connectivity index (χ0n) is 15.9. The van der Waals surface area contributed by atoms with Crippen molar-refractivity contribution in [2.45, 2.75) is 27.4 Å². The average molecular weight is 373 g/mol. The molecule has 0 saturated carbocycles. The van der Waals surface area contributed by atoms with Gasteiger partial charge in [-0.15, -0.1) is 0 Å². The third kappa shape index (κ3) is 3.59. The van der Waals surface area contributed by atoms with E-state index >= 15 is 0 Å². The molecule has 7 heteroatoms. The molecule has 140 valence electrons. The van der Waals surface area contributed by atoms with Crippen molar-refractivity contribution in [3.63, 3.8) is 0 Å².